The van der Waals surface area contributed by atoms with Crippen LogP contribution in [0, 0.1) is 15.9 Å². The van der Waals surface area contributed by atoms with E-state index in [-0.39, 0.29) is 28.8 Å². The van der Waals surface area contributed by atoms with Crippen LogP contribution in [0.15, 0.2) is 36.4 Å². The van der Waals surface area contributed by atoms with E-state index in [0.717, 1.165) is 0 Å². The molecule has 0 spiro atoms. The Morgan fingerprint density at radius 3 is 2.76 bits per heavy atom. The van der Waals surface area contributed by atoms with Crippen molar-refractivity contribution in [3.8, 4) is 11.5 Å². The lowest BCUT2D eigenvalue weighted by atomic mass is 10.2. The molecule has 0 atom stereocenters. The zero-order valence-electron chi connectivity index (χ0n) is 11.1. The minimum atomic E-state index is -0.552. The van der Waals surface area contributed by atoms with Crippen molar-refractivity contribution in [2.75, 3.05) is 7.05 Å². The number of non-ortho nitro benzene ring substituents is 1. The summed E-state index contributed by atoms with van der Waals surface area (Å²) in [5.74, 6) is -0.0658. The van der Waals surface area contributed by atoms with E-state index in [9.17, 15) is 14.5 Å². The van der Waals surface area contributed by atoms with Crippen molar-refractivity contribution in [2.45, 2.75) is 6.54 Å². The Kier molecular flexibility index (Phi) is 4.72. The average molecular weight is 311 g/mol. The van der Waals surface area contributed by atoms with Gasteiger partial charge >= 0.3 is 0 Å². The molecule has 0 amide bonds. The summed E-state index contributed by atoms with van der Waals surface area (Å²) in [5.41, 5.74) is 0.170. The molecule has 0 saturated heterocycles. The summed E-state index contributed by atoms with van der Waals surface area (Å²) in [6.07, 6.45) is 0. The van der Waals surface area contributed by atoms with Crippen molar-refractivity contribution < 1.29 is 14.1 Å². The standard InChI is InChI=1S/C14H12ClFN2O3/c1-17-8-10-12(16)3-2-4-13(10)21-14-7-9(18(19)20)5-6-11(14)15/h2-7,17H,8H2,1H3. The fraction of sp³-hybridized carbons (Fsp3) is 0.143. The molecule has 0 saturated carbocycles. The molecule has 0 aliphatic carbocycles. The van der Waals surface area contributed by atoms with Gasteiger partial charge < -0.3 is 10.1 Å². The molecule has 2 aromatic carbocycles. The Morgan fingerprint density at radius 1 is 1.33 bits per heavy atom. The largest absolute Gasteiger partial charge is 0.455 e. The van der Waals surface area contributed by atoms with E-state index >= 15 is 0 Å². The third-order valence-corrected chi connectivity index (χ3v) is 3.09. The second-order valence-electron chi connectivity index (χ2n) is 4.22. The number of halogens is 2. The second kappa shape index (κ2) is 6.51. The molecule has 0 aromatic heterocycles. The van der Waals surface area contributed by atoms with E-state index in [4.69, 9.17) is 16.3 Å². The van der Waals surface area contributed by atoms with Crippen molar-refractivity contribution >= 4 is 17.3 Å². The average Bonchev–Trinajstić information content (AvgIpc) is 2.44. The lowest BCUT2D eigenvalue weighted by Gasteiger charge is -2.12. The number of nitro groups is 1. The molecule has 0 unspecified atom stereocenters. The zero-order chi connectivity index (χ0) is 15.4. The van der Waals surface area contributed by atoms with Gasteiger partial charge in [-0.25, -0.2) is 4.39 Å². The molecular formula is C14H12ClFN2O3. The highest BCUT2D eigenvalue weighted by Crippen LogP contribution is 2.34. The van der Waals surface area contributed by atoms with E-state index in [2.05, 4.69) is 5.32 Å². The van der Waals surface area contributed by atoms with E-state index in [1.54, 1.807) is 13.1 Å². The predicted octanol–water partition coefficient (Wildman–Crippen LogP) is 3.90. The number of nitro benzene ring substituents is 1. The van der Waals surface area contributed by atoms with Crippen LogP contribution < -0.4 is 10.1 Å². The van der Waals surface area contributed by atoms with Crippen molar-refractivity contribution in [1.29, 1.82) is 0 Å². The molecule has 21 heavy (non-hydrogen) atoms. The van der Waals surface area contributed by atoms with Gasteiger partial charge in [-0.05, 0) is 25.2 Å². The lowest BCUT2D eigenvalue weighted by molar-refractivity contribution is -0.384. The Balaban J connectivity index is 2.40. The fourth-order valence-electron chi connectivity index (χ4n) is 1.79. The first-order chi connectivity index (χ1) is 10.0. The maximum Gasteiger partial charge on any atom is 0.273 e. The number of rotatable bonds is 5. The third-order valence-electron chi connectivity index (χ3n) is 2.77. The quantitative estimate of drug-likeness (QED) is 0.672. The topological polar surface area (TPSA) is 64.4 Å². The van der Waals surface area contributed by atoms with Crippen LogP contribution in [-0.4, -0.2) is 12.0 Å². The molecule has 0 aliphatic rings. The van der Waals surface area contributed by atoms with Crippen molar-refractivity contribution in [3.63, 3.8) is 0 Å². The van der Waals surface area contributed by atoms with Gasteiger partial charge in [0.15, 0.2) is 5.75 Å². The van der Waals surface area contributed by atoms with Gasteiger partial charge in [0.2, 0.25) is 0 Å². The van der Waals surface area contributed by atoms with Crippen LogP contribution in [0.3, 0.4) is 0 Å². The van der Waals surface area contributed by atoms with Crippen molar-refractivity contribution in [3.05, 3.63) is 62.9 Å². The van der Waals surface area contributed by atoms with Crippen LogP contribution in [0.1, 0.15) is 5.56 Å². The Morgan fingerprint density at radius 2 is 2.10 bits per heavy atom. The highest BCUT2D eigenvalue weighted by molar-refractivity contribution is 6.32. The summed E-state index contributed by atoms with van der Waals surface area (Å²) in [6.45, 7) is 0.258. The summed E-state index contributed by atoms with van der Waals surface area (Å²) < 4.78 is 19.3. The number of nitrogens with one attached hydrogen (secondary N) is 1. The highest BCUT2D eigenvalue weighted by atomic mass is 35.5. The molecule has 0 heterocycles. The fourth-order valence-corrected chi connectivity index (χ4v) is 1.94. The van der Waals surface area contributed by atoms with Gasteiger partial charge in [-0.2, -0.15) is 0 Å². The predicted molar refractivity (Wildman–Crippen MR) is 77.3 cm³/mol. The van der Waals surface area contributed by atoms with Crippen LogP contribution in [-0.2, 0) is 6.54 Å². The second-order valence-corrected chi connectivity index (χ2v) is 4.63. The molecule has 1 N–H and O–H groups in total. The summed E-state index contributed by atoms with van der Waals surface area (Å²) in [6, 6.07) is 8.23. The van der Waals surface area contributed by atoms with Crippen molar-refractivity contribution in [1.82, 2.24) is 5.32 Å². The third kappa shape index (κ3) is 3.48. The van der Waals surface area contributed by atoms with Crippen LogP contribution in [0.5, 0.6) is 11.5 Å². The molecule has 0 fully saturated rings. The minimum Gasteiger partial charge on any atom is -0.455 e. The lowest BCUT2D eigenvalue weighted by Crippen LogP contribution is -2.08. The molecule has 5 nitrogen and oxygen atoms in total. The SMILES string of the molecule is CNCc1c(F)cccc1Oc1cc([N+](=O)[O-])ccc1Cl. The van der Waals surface area contributed by atoms with Crippen LogP contribution in [0.2, 0.25) is 5.02 Å². The number of hydrogen-bond acceptors (Lipinski definition) is 4. The molecular weight excluding hydrogens is 299 g/mol. The summed E-state index contributed by atoms with van der Waals surface area (Å²) in [7, 11) is 1.68. The summed E-state index contributed by atoms with van der Waals surface area (Å²) in [5, 5.41) is 13.8. The number of ether oxygens (including phenoxy) is 1. The maximum atomic E-state index is 13.8. The molecule has 7 heteroatoms. The Hall–Kier alpha value is -2.18. The minimum absolute atomic E-state index is 0.105. The maximum absolute atomic E-state index is 13.8. The highest BCUT2D eigenvalue weighted by Gasteiger charge is 2.14. The number of nitrogens with zero attached hydrogens (tertiary/aromatic N) is 1. The van der Waals surface area contributed by atoms with E-state index in [1.807, 2.05) is 0 Å². The van der Waals surface area contributed by atoms with Crippen LogP contribution >= 0.6 is 11.6 Å². The molecule has 110 valence electrons. The molecule has 0 radical (unpaired) electrons. The van der Waals surface area contributed by atoms with Gasteiger partial charge in [-0.1, -0.05) is 17.7 Å². The normalized spacial score (nSPS) is 10.4. The zero-order valence-corrected chi connectivity index (χ0v) is 11.9. The first kappa shape index (κ1) is 15.2. The van der Waals surface area contributed by atoms with Crippen molar-refractivity contribution in [2.24, 2.45) is 0 Å². The van der Waals surface area contributed by atoms with E-state index in [1.165, 1.54) is 30.3 Å². The van der Waals surface area contributed by atoms with Gasteiger partial charge in [0.1, 0.15) is 11.6 Å². The molecule has 0 aliphatic heterocycles. The van der Waals surface area contributed by atoms with Gasteiger partial charge in [-0.15, -0.1) is 0 Å². The smallest absolute Gasteiger partial charge is 0.273 e. The summed E-state index contributed by atoms with van der Waals surface area (Å²) >= 11 is 5.96. The van der Waals surface area contributed by atoms with E-state index in [0.29, 0.717) is 5.56 Å². The Bertz CT molecular complexity index is 679. The number of hydrogen-bond donors (Lipinski definition) is 1. The molecule has 2 aromatic rings. The van der Waals surface area contributed by atoms with Gasteiger partial charge in [-0.3, -0.25) is 10.1 Å². The first-order valence-corrected chi connectivity index (χ1v) is 6.44. The number of benzene rings is 2. The van der Waals surface area contributed by atoms with E-state index < -0.39 is 10.7 Å². The van der Waals surface area contributed by atoms with Crippen LogP contribution in [0.4, 0.5) is 10.1 Å². The van der Waals surface area contributed by atoms with Crippen LogP contribution in [0.25, 0.3) is 0 Å². The first-order valence-electron chi connectivity index (χ1n) is 6.06. The van der Waals surface area contributed by atoms with Gasteiger partial charge in [0.05, 0.1) is 16.0 Å². The van der Waals surface area contributed by atoms with Gasteiger partial charge in [0, 0.05) is 18.2 Å². The van der Waals surface area contributed by atoms with Gasteiger partial charge in [0.25, 0.3) is 5.69 Å². The Labute approximate surface area is 125 Å². The molecule has 2 rings (SSSR count). The summed E-state index contributed by atoms with van der Waals surface area (Å²) in [4.78, 5) is 10.2. The monoisotopic (exact) mass is 310 g/mol. The molecule has 0 bridgehead atoms.